The Labute approximate surface area is 158 Å². The van der Waals surface area contributed by atoms with Crippen LogP contribution in [-0.2, 0) is 0 Å². The third-order valence-electron chi connectivity index (χ3n) is 3.54. The zero-order valence-electron chi connectivity index (χ0n) is 14.2. The standard InChI is InChI=1S/C18H14N4O4S/c1-26-15-9-2-12(3-10-15)4-11-16-20-21-18(27-16)19-17(23)13-5-7-14(8-6-13)22(24)25/h2-11H,1H3,(H,19,21,23)/b11-4+. The first kappa shape index (κ1) is 18.2. The largest absolute Gasteiger partial charge is 0.497 e. The van der Waals surface area contributed by atoms with E-state index in [9.17, 15) is 14.9 Å². The average Bonchev–Trinajstić information content (AvgIpc) is 3.14. The van der Waals surface area contributed by atoms with Gasteiger partial charge in [-0.25, -0.2) is 0 Å². The van der Waals surface area contributed by atoms with Crippen molar-refractivity contribution < 1.29 is 14.5 Å². The van der Waals surface area contributed by atoms with Crippen LogP contribution in [0.4, 0.5) is 10.8 Å². The molecule has 3 rings (SSSR count). The zero-order chi connectivity index (χ0) is 19.2. The lowest BCUT2D eigenvalue weighted by molar-refractivity contribution is -0.384. The van der Waals surface area contributed by atoms with Crippen molar-refractivity contribution in [2.75, 3.05) is 12.4 Å². The number of carbonyl (C=O) groups is 1. The molecule has 0 radical (unpaired) electrons. The summed E-state index contributed by atoms with van der Waals surface area (Å²) < 4.78 is 5.11. The van der Waals surface area contributed by atoms with Crippen molar-refractivity contribution in [2.24, 2.45) is 0 Å². The second-order valence-electron chi connectivity index (χ2n) is 5.31. The molecule has 0 unspecified atom stereocenters. The second kappa shape index (κ2) is 8.19. The molecule has 0 spiro atoms. The monoisotopic (exact) mass is 382 g/mol. The Morgan fingerprint density at radius 2 is 1.81 bits per heavy atom. The number of rotatable bonds is 6. The van der Waals surface area contributed by atoms with Crippen LogP contribution < -0.4 is 10.1 Å². The van der Waals surface area contributed by atoms with E-state index in [4.69, 9.17) is 4.74 Å². The smallest absolute Gasteiger partial charge is 0.269 e. The fraction of sp³-hybridized carbons (Fsp3) is 0.0556. The minimum absolute atomic E-state index is 0.0755. The number of hydrogen-bond acceptors (Lipinski definition) is 7. The van der Waals surface area contributed by atoms with Crippen molar-refractivity contribution in [1.82, 2.24) is 10.2 Å². The molecule has 1 heterocycles. The maximum absolute atomic E-state index is 12.2. The molecule has 3 aromatic rings. The van der Waals surface area contributed by atoms with Crippen molar-refractivity contribution in [3.8, 4) is 5.75 Å². The quantitative estimate of drug-likeness (QED) is 0.512. The van der Waals surface area contributed by atoms with E-state index in [1.807, 2.05) is 30.3 Å². The van der Waals surface area contributed by atoms with Gasteiger partial charge in [-0.3, -0.25) is 20.2 Å². The third-order valence-corrected chi connectivity index (χ3v) is 4.34. The summed E-state index contributed by atoms with van der Waals surface area (Å²) in [7, 11) is 1.61. The molecule has 0 aliphatic heterocycles. The van der Waals surface area contributed by atoms with Crippen LogP contribution in [0.3, 0.4) is 0 Å². The SMILES string of the molecule is COc1ccc(/C=C/c2nnc(NC(=O)c3ccc([N+](=O)[O-])cc3)s2)cc1. The van der Waals surface area contributed by atoms with Crippen LogP contribution in [0, 0.1) is 10.1 Å². The van der Waals surface area contributed by atoms with E-state index in [2.05, 4.69) is 15.5 Å². The molecule has 9 heteroatoms. The Hall–Kier alpha value is -3.59. The topological polar surface area (TPSA) is 107 Å². The van der Waals surface area contributed by atoms with Gasteiger partial charge in [-0.1, -0.05) is 29.5 Å². The van der Waals surface area contributed by atoms with Crippen LogP contribution in [0.25, 0.3) is 12.2 Å². The maximum Gasteiger partial charge on any atom is 0.269 e. The highest BCUT2D eigenvalue weighted by atomic mass is 32.1. The number of anilines is 1. The van der Waals surface area contributed by atoms with Gasteiger partial charge in [0.2, 0.25) is 5.13 Å². The van der Waals surface area contributed by atoms with Crippen LogP contribution in [0.15, 0.2) is 48.5 Å². The van der Waals surface area contributed by atoms with Crippen molar-refractivity contribution >= 4 is 40.2 Å². The number of non-ortho nitro benzene ring substituents is 1. The molecule has 0 saturated heterocycles. The summed E-state index contributed by atoms with van der Waals surface area (Å²) in [5.41, 5.74) is 1.20. The first-order valence-corrected chi connectivity index (χ1v) is 8.58. The molecule has 1 N–H and O–H groups in total. The van der Waals surface area contributed by atoms with E-state index in [0.717, 1.165) is 11.3 Å². The molecule has 0 fully saturated rings. The van der Waals surface area contributed by atoms with Gasteiger partial charge in [0.15, 0.2) is 0 Å². The number of ether oxygens (including phenoxy) is 1. The first-order valence-electron chi connectivity index (χ1n) is 7.76. The van der Waals surface area contributed by atoms with E-state index in [1.54, 1.807) is 13.2 Å². The fourth-order valence-electron chi connectivity index (χ4n) is 2.14. The Morgan fingerprint density at radius 3 is 2.44 bits per heavy atom. The van der Waals surface area contributed by atoms with E-state index < -0.39 is 10.8 Å². The van der Waals surface area contributed by atoms with Crippen LogP contribution in [0.1, 0.15) is 20.9 Å². The van der Waals surface area contributed by atoms with E-state index in [0.29, 0.717) is 15.7 Å². The van der Waals surface area contributed by atoms with E-state index in [1.165, 1.54) is 35.6 Å². The number of nitrogens with zero attached hydrogens (tertiary/aromatic N) is 3. The van der Waals surface area contributed by atoms with Gasteiger partial charge in [-0.15, -0.1) is 10.2 Å². The summed E-state index contributed by atoms with van der Waals surface area (Å²) in [4.78, 5) is 22.3. The third kappa shape index (κ3) is 4.73. The molecule has 1 amide bonds. The highest BCUT2D eigenvalue weighted by Gasteiger charge is 2.11. The molecular weight excluding hydrogens is 368 g/mol. The fourth-order valence-corrected chi connectivity index (χ4v) is 2.78. The van der Waals surface area contributed by atoms with Gasteiger partial charge in [0, 0.05) is 17.7 Å². The van der Waals surface area contributed by atoms with Crippen LogP contribution in [-0.4, -0.2) is 28.1 Å². The summed E-state index contributed by atoms with van der Waals surface area (Å²) in [5.74, 6) is 0.367. The highest BCUT2D eigenvalue weighted by Crippen LogP contribution is 2.20. The number of nitro benzene ring substituents is 1. The molecule has 27 heavy (non-hydrogen) atoms. The van der Waals surface area contributed by atoms with Gasteiger partial charge in [0.05, 0.1) is 12.0 Å². The zero-order valence-corrected chi connectivity index (χ0v) is 15.0. The number of methoxy groups -OCH3 is 1. The van der Waals surface area contributed by atoms with E-state index >= 15 is 0 Å². The number of carbonyl (C=O) groups excluding carboxylic acids is 1. The first-order chi connectivity index (χ1) is 13.0. The molecule has 0 atom stereocenters. The van der Waals surface area contributed by atoms with Crippen molar-refractivity contribution in [1.29, 1.82) is 0 Å². The Kier molecular flexibility index (Phi) is 5.53. The number of benzene rings is 2. The number of aromatic nitrogens is 2. The maximum atomic E-state index is 12.2. The molecule has 136 valence electrons. The summed E-state index contributed by atoms with van der Waals surface area (Å²) in [6.45, 7) is 0. The van der Waals surface area contributed by atoms with Crippen molar-refractivity contribution in [3.63, 3.8) is 0 Å². The highest BCUT2D eigenvalue weighted by molar-refractivity contribution is 7.16. The molecule has 1 aromatic heterocycles. The van der Waals surface area contributed by atoms with Gasteiger partial charge in [0.1, 0.15) is 10.8 Å². The van der Waals surface area contributed by atoms with E-state index in [-0.39, 0.29) is 5.69 Å². The Balaban J connectivity index is 1.63. The predicted molar refractivity (Wildman–Crippen MR) is 103 cm³/mol. The van der Waals surface area contributed by atoms with Gasteiger partial charge in [-0.2, -0.15) is 0 Å². The molecule has 0 aliphatic carbocycles. The molecule has 2 aromatic carbocycles. The van der Waals surface area contributed by atoms with Gasteiger partial charge in [-0.05, 0) is 35.9 Å². The van der Waals surface area contributed by atoms with Crippen LogP contribution >= 0.6 is 11.3 Å². The second-order valence-corrected chi connectivity index (χ2v) is 6.32. The predicted octanol–water partition coefficient (Wildman–Crippen LogP) is 3.88. The summed E-state index contributed by atoms with van der Waals surface area (Å²) in [6, 6.07) is 12.9. The minimum atomic E-state index is -0.520. The number of hydrogen-bond donors (Lipinski definition) is 1. The lowest BCUT2D eigenvalue weighted by atomic mass is 10.2. The van der Waals surface area contributed by atoms with Gasteiger partial charge in [0.25, 0.3) is 11.6 Å². The molecule has 0 aliphatic rings. The summed E-state index contributed by atoms with van der Waals surface area (Å²) >= 11 is 1.22. The van der Waals surface area contributed by atoms with Gasteiger partial charge < -0.3 is 4.74 Å². The normalized spacial score (nSPS) is 10.7. The lowest BCUT2D eigenvalue weighted by Gasteiger charge is -2.00. The number of nitro groups is 1. The molecule has 0 bridgehead atoms. The summed E-state index contributed by atoms with van der Waals surface area (Å²) in [5, 5.41) is 22.2. The van der Waals surface area contributed by atoms with Crippen molar-refractivity contribution in [3.05, 3.63) is 74.8 Å². The Bertz CT molecular complexity index is 981. The summed E-state index contributed by atoms with van der Waals surface area (Å²) in [6.07, 6.45) is 3.67. The lowest BCUT2D eigenvalue weighted by Crippen LogP contribution is -2.11. The van der Waals surface area contributed by atoms with Gasteiger partial charge >= 0.3 is 0 Å². The minimum Gasteiger partial charge on any atom is -0.497 e. The molecule has 8 nitrogen and oxygen atoms in total. The number of amides is 1. The average molecular weight is 382 g/mol. The number of nitrogens with one attached hydrogen (secondary N) is 1. The molecular formula is C18H14N4O4S. The van der Waals surface area contributed by atoms with Crippen molar-refractivity contribution in [2.45, 2.75) is 0 Å². The molecule has 0 saturated carbocycles. The Morgan fingerprint density at radius 1 is 1.11 bits per heavy atom. The van der Waals surface area contributed by atoms with Crippen LogP contribution in [0.5, 0.6) is 5.75 Å². The van der Waals surface area contributed by atoms with Crippen LogP contribution in [0.2, 0.25) is 0 Å².